The lowest BCUT2D eigenvalue weighted by Gasteiger charge is -2.08. The summed E-state index contributed by atoms with van der Waals surface area (Å²) in [6.07, 6.45) is 3.24. The summed E-state index contributed by atoms with van der Waals surface area (Å²) >= 11 is 0. The van der Waals surface area contributed by atoms with Gasteiger partial charge in [-0.15, -0.1) is 0 Å². The quantitative estimate of drug-likeness (QED) is 0.722. The van der Waals surface area contributed by atoms with Crippen LogP contribution in [0.5, 0.6) is 0 Å². The minimum absolute atomic E-state index is 0.225. The molecule has 0 bridgehead atoms. The van der Waals surface area contributed by atoms with Gasteiger partial charge in [-0.25, -0.2) is 15.0 Å². The Hall–Kier alpha value is -3.10. The molecular formula is C14H16N8O. The lowest BCUT2D eigenvalue weighted by Crippen LogP contribution is -2.07. The highest BCUT2D eigenvalue weighted by molar-refractivity contribution is 5.42. The number of nitrogens with one attached hydrogen (secondary N) is 1. The SMILES string of the molecule is CC(C)c1cc(NCc2nc(-c3ncccn3)no2)nc(N)n1. The van der Waals surface area contributed by atoms with Crippen LogP contribution in [0.3, 0.4) is 0 Å². The number of nitrogens with two attached hydrogens (primary N) is 1. The third-order valence-corrected chi connectivity index (χ3v) is 3.01. The number of anilines is 2. The van der Waals surface area contributed by atoms with Crippen molar-refractivity contribution in [2.75, 3.05) is 11.1 Å². The Kier molecular flexibility index (Phi) is 4.09. The molecule has 0 unspecified atom stereocenters. The molecule has 0 aromatic carbocycles. The first kappa shape index (κ1) is 14.8. The molecule has 9 nitrogen and oxygen atoms in total. The molecule has 0 saturated heterocycles. The van der Waals surface area contributed by atoms with Crippen LogP contribution in [0.4, 0.5) is 11.8 Å². The molecule has 9 heteroatoms. The lowest BCUT2D eigenvalue weighted by atomic mass is 10.1. The zero-order valence-electron chi connectivity index (χ0n) is 12.8. The summed E-state index contributed by atoms with van der Waals surface area (Å²) in [7, 11) is 0. The molecule has 0 spiro atoms. The first-order valence-corrected chi connectivity index (χ1v) is 7.10. The van der Waals surface area contributed by atoms with Crippen LogP contribution in [-0.2, 0) is 6.54 Å². The second-order valence-corrected chi connectivity index (χ2v) is 5.13. The van der Waals surface area contributed by atoms with E-state index in [1.807, 2.05) is 19.9 Å². The van der Waals surface area contributed by atoms with E-state index in [-0.39, 0.29) is 11.9 Å². The van der Waals surface area contributed by atoms with Crippen molar-refractivity contribution in [1.82, 2.24) is 30.1 Å². The summed E-state index contributed by atoms with van der Waals surface area (Å²) in [5.74, 6) is 2.24. The van der Waals surface area contributed by atoms with Crippen LogP contribution in [-0.4, -0.2) is 30.1 Å². The van der Waals surface area contributed by atoms with Crippen LogP contribution in [0.1, 0.15) is 31.4 Å². The van der Waals surface area contributed by atoms with E-state index in [2.05, 4.69) is 35.4 Å². The van der Waals surface area contributed by atoms with Crippen molar-refractivity contribution in [2.45, 2.75) is 26.3 Å². The van der Waals surface area contributed by atoms with Gasteiger partial charge in [0.2, 0.25) is 23.5 Å². The molecule has 0 radical (unpaired) electrons. The van der Waals surface area contributed by atoms with Gasteiger partial charge in [0.25, 0.3) is 0 Å². The summed E-state index contributed by atoms with van der Waals surface area (Å²) < 4.78 is 5.17. The van der Waals surface area contributed by atoms with Gasteiger partial charge in [0.05, 0.1) is 12.2 Å². The molecule has 3 N–H and O–H groups in total. The van der Waals surface area contributed by atoms with Gasteiger partial charge in [0.15, 0.2) is 0 Å². The van der Waals surface area contributed by atoms with E-state index in [0.717, 1.165) is 5.69 Å². The zero-order valence-corrected chi connectivity index (χ0v) is 12.8. The fourth-order valence-electron chi connectivity index (χ4n) is 1.87. The van der Waals surface area contributed by atoms with Crippen molar-refractivity contribution in [3.8, 4) is 11.6 Å². The van der Waals surface area contributed by atoms with Crippen molar-refractivity contribution in [1.29, 1.82) is 0 Å². The monoisotopic (exact) mass is 312 g/mol. The third-order valence-electron chi connectivity index (χ3n) is 3.01. The molecule has 0 amide bonds. The van der Waals surface area contributed by atoms with Gasteiger partial charge >= 0.3 is 0 Å². The summed E-state index contributed by atoms with van der Waals surface area (Å²) in [5, 5.41) is 6.95. The van der Waals surface area contributed by atoms with E-state index < -0.39 is 0 Å². The lowest BCUT2D eigenvalue weighted by molar-refractivity contribution is 0.383. The van der Waals surface area contributed by atoms with E-state index in [0.29, 0.717) is 29.9 Å². The second kappa shape index (κ2) is 6.34. The number of nitrogen functional groups attached to an aromatic ring is 1. The van der Waals surface area contributed by atoms with Gasteiger partial charge < -0.3 is 15.6 Å². The van der Waals surface area contributed by atoms with E-state index in [4.69, 9.17) is 10.3 Å². The van der Waals surface area contributed by atoms with Crippen molar-refractivity contribution in [3.63, 3.8) is 0 Å². The van der Waals surface area contributed by atoms with Gasteiger partial charge in [-0.1, -0.05) is 19.0 Å². The van der Waals surface area contributed by atoms with Gasteiger partial charge in [-0.05, 0) is 12.0 Å². The fourth-order valence-corrected chi connectivity index (χ4v) is 1.87. The maximum absolute atomic E-state index is 5.72. The highest BCUT2D eigenvalue weighted by Crippen LogP contribution is 2.17. The van der Waals surface area contributed by atoms with Crippen LogP contribution < -0.4 is 11.1 Å². The number of aromatic nitrogens is 6. The molecule has 0 fully saturated rings. The Labute approximate surface area is 132 Å². The van der Waals surface area contributed by atoms with E-state index in [1.54, 1.807) is 18.5 Å². The maximum atomic E-state index is 5.72. The van der Waals surface area contributed by atoms with Gasteiger partial charge in [-0.3, -0.25) is 0 Å². The number of nitrogens with zero attached hydrogens (tertiary/aromatic N) is 6. The Morgan fingerprint density at radius 1 is 1.13 bits per heavy atom. The molecule has 3 aromatic heterocycles. The minimum atomic E-state index is 0.225. The van der Waals surface area contributed by atoms with Crippen LogP contribution in [0.2, 0.25) is 0 Å². The summed E-state index contributed by atoms with van der Waals surface area (Å²) in [5.41, 5.74) is 6.58. The third kappa shape index (κ3) is 3.57. The topological polar surface area (TPSA) is 129 Å². The zero-order chi connectivity index (χ0) is 16.2. The van der Waals surface area contributed by atoms with Crippen molar-refractivity contribution >= 4 is 11.8 Å². The molecule has 0 aliphatic carbocycles. The number of rotatable bonds is 5. The Bertz CT molecular complexity index is 786. The molecule has 3 rings (SSSR count). The summed E-state index contributed by atoms with van der Waals surface area (Å²) in [6.45, 7) is 4.39. The second-order valence-electron chi connectivity index (χ2n) is 5.13. The molecule has 23 heavy (non-hydrogen) atoms. The first-order chi connectivity index (χ1) is 11.1. The summed E-state index contributed by atoms with van der Waals surface area (Å²) in [4.78, 5) is 20.7. The minimum Gasteiger partial charge on any atom is -0.368 e. The van der Waals surface area contributed by atoms with Gasteiger partial charge in [0.1, 0.15) is 5.82 Å². The largest absolute Gasteiger partial charge is 0.368 e. The highest BCUT2D eigenvalue weighted by atomic mass is 16.5. The Balaban J connectivity index is 1.71. The number of hydrogen-bond donors (Lipinski definition) is 2. The molecular weight excluding hydrogens is 296 g/mol. The maximum Gasteiger partial charge on any atom is 0.246 e. The molecule has 0 saturated carbocycles. The predicted octanol–water partition coefficient (Wildman–Crippen LogP) is 1.63. The Morgan fingerprint density at radius 3 is 2.65 bits per heavy atom. The van der Waals surface area contributed by atoms with Crippen molar-refractivity contribution in [2.24, 2.45) is 0 Å². The average molecular weight is 312 g/mol. The van der Waals surface area contributed by atoms with Gasteiger partial charge in [0, 0.05) is 18.5 Å². The predicted molar refractivity (Wildman–Crippen MR) is 83.2 cm³/mol. The molecule has 118 valence electrons. The standard InChI is InChI=1S/C14H16N8O/c1-8(2)9-6-10(20-14(15)19-9)18-7-11-21-13(22-23-11)12-16-4-3-5-17-12/h3-6,8H,7H2,1-2H3,(H3,15,18,19,20). The molecule has 0 atom stereocenters. The molecule has 3 heterocycles. The average Bonchev–Trinajstić information content (AvgIpc) is 3.02. The first-order valence-electron chi connectivity index (χ1n) is 7.10. The van der Waals surface area contributed by atoms with Gasteiger partial charge in [-0.2, -0.15) is 9.97 Å². The smallest absolute Gasteiger partial charge is 0.246 e. The van der Waals surface area contributed by atoms with Crippen molar-refractivity contribution in [3.05, 3.63) is 36.1 Å². The van der Waals surface area contributed by atoms with Crippen LogP contribution in [0, 0.1) is 0 Å². The fraction of sp³-hybridized carbons (Fsp3) is 0.286. The van der Waals surface area contributed by atoms with E-state index in [1.165, 1.54) is 0 Å². The normalized spacial score (nSPS) is 10.9. The van der Waals surface area contributed by atoms with Crippen LogP contribution in [0.15, 0.2) is 29.0 Å². The molecule has 3 aromatic rings. The van der Waals surface area contributed by atoms with Crippen LogP contribution in [0.25, 0.3) is 11.6 Å². The van der Waals surface area contributed by atoms with E-state index >= 15 is 0 Å². The van der Waals surface area contributed by atoms with Crippen LogP contribution >= 0.6 is 0 Å². The summed E-state index contributed by atoms with van der Waals surface area (Å²) in [6, 6.07) is 3.57. The highest BCUT2D eigenvalue weighted by Gasteiger charge is 2.11. The van der Waals surface area contributed by atoms with Crippen molar-refractivity contribution < 1.29 is 4.52 Å². The number of hydrogen-bond acceptors (Lipinski definition) is 9. The van der Waals surface area contributed by atoms with E-state index in [9.17, 15) is 0 Å². The Morgan fingerprint density at radius 2 is 1.91 bits per heavy atom. The molecule has 0 aliphatic heterocycles. The molecule has 0 aliphatic rings.